The van der Waals surface area contributed by atoms with Crippen molar-refractivity contribution in [2.45, 2.75) is 20.8 Å². The van der Waals surface area contributed by atoms with E-state index < -0.39 is 13.3 Å². The molecule has 116 valence electrons. The van der Waals surface area contributed by atoms with Crippen LogP contribution in [0.5, 0.6) is 11.5 Å². The van der Waals surface area contributed by atoms with Crippen LogP contribution in [0.3, 0.4) is 0 Å². The van der Waals surface area contributed by atoms with Crippen LogP contribution >= 0.6 is 0 Å². The Hall–Kier alpha value is -1.73. The van der Waals surface area contributed by atoms with Crippen molar-refractivity contribution in [3.05, 3.63) is 24.3 Å². The Bertz CT molecular complexity index is 444. The summed E-state index contributed by atoms with van der Waals surface area (Å²) >= 11 is 0. The standard InChI is InChI=1S/C14H22BNO5/c1-14(2,3)10-19-15(21-13(17)9-16)20-12-7-5-11(18-4)6-8-12/h5-8H,9-10,16H2,1-4H3. The highest BCUT2D eigenvalue weighted by Crippen LogP contribution is 2.19. The van der Waals surface area contributed by atoms with Crippen molar-refractivity contribution < 1.29 is 23.5 Å². The highest BCUT2D eigenvalue weighted by molar-refractivity contribution is 6.40. The molecule has 1 rings (SSSR count). The number of rotatable bonds is 7. The summed E-state index contributed by atoms with van der Waals surface area (Å²) in [6.45, 7) is 6.14. The van der Waals surface area contributed by atoms with Crippen LogP contribution in [0.15, 0.2) is 24.3 Å². The van der Waals surface area contributed by atoms with Crippen molar-refractivity contribution in [3.63, 3.8) is 0 Å². The first-order valence-corrected chi connectivity index (χ1v) is 6.66. The Labute approximate surface area is 125 Å². The van der Waals surface area contributed by atoms with E-state index >= 15 is 0 Å². The lowest BCUT2D eigenvalue weighted by Gasteiger charge is -2.21. The zero-order valence-electron chi connectivity index (χ0n) is 12.9. The van der Waals surface area contributed by atoms with Crippen molar-refractivity contribution in [2.24, 2.45) is 11.1 Å². The molecule has 7 heteroatoms. The van der Waals surface area contributed by atoms with Gasteiger partial charge in [-0.25, -0.2) is 0 Å². The van der Waals surface area contributed by atoms with E-state index in [1.807, 2.05) is 20.8 Å². The predicted molar refractivity (Wildman–Crippen MR) is 79.9 cm³/mol. The highest BCUT2D eigenvalue weighted by Gasteiger charge is 2.31. The SMILES string of the molecule is COc1ccc(OB(OCC(C)(C)C)OC(=O)CN)cc1. The van der Waals surface area contributed by atoms with Crippen LogP contribution in [0.2, 0.25) is 0 Å². The monoisotopic (exact) mass is 295 g/mol. The first-order chi connectivity index (χ1) is 9.84. The number of methoxy groups -OCH3 is 1. The summed E-state index contributed by atoms with van der Waals surface area (Å²) in [5.41, 5.74) is 5.14. The fourth-order valence-corrected chi connectivity index (χ4v) is 1.33. The van der Waals surface area contributed by atoms with E-state index in [0.29, 0.717) is 18.1 Å². The molecule has 0 radical (unpaired) electrons. The number of nitrogens with two attached hydrogens (primary N) is 1. The average molecular weight is 295 g/mol. The maximum Gasteiger partial charge on any atom is 0.790 e. The third kappa shape index (κ3) is 7.01. The Morgan fingerprint density at radius 2 is 1.76 bits per heavy atom. The Morgan fingerprint density at radius 1 is 1.19 bits per heavy atom. The molecule has 2 N–H and O–H groups in total. The number of benzene rings is 1. The second-order valence-corrected chi connectivity index (χ2v) is 5.65. The summed E-state index contributed by atoms with van der Waals surface area (Å²) in [4.78, 5) is 11.3. The molecular formula is C14H22BNO5. The first kappa shape index (κ1) is 17.3. The molecule has 0 unspecified atom stereocenters. The molecule has 21 heavy (non-hydrogen) atoms. The van der Waals surface area contributed by atoms with E-state index in [0.717, 1.165) is 0 Å². The van der Waals surface area contributed by atoms with Gasteiger partial charge in [-0.3, -0.25) is 4.79 Å². The van der Waals surface area contributed by atoms with Gasteiger partial charge in [0, 0.05) is 6.61 Å². The Balaban J connectivity index is 2.67. The number of carbonyl (C=O) groups excluding carboxylic acids is 1. The molecule has 1 aromatic rings. The number of carbonyl (C=O) groups is 1. The normalized spacial score (nSPS) is 10.9. The summed E-state index contributed by atoms with van der Waals surface area (Å²) in [5, 5.41) is 0. The van der Waals surface area contributed by atoms with Crippen molar-refractivity contribution in [3.8, 4) is 11.5 Å². The van der Waals surface area contributed by atoms with Gasteiger partial charge in [-0.05, 0) is 29.7 Å². The molecule has 0 heterocycles. The van der Waals surface area contributed by atoms with Crippen LogP contribution in [0.25, 0.3) is 0 Å². The zero-order valence-corrected chi connectivity index (χ0v) is 12.9. The maximum absolute atomic E-state index is 11.3. The molecule has 0 spiro atoms. The van der Waals surface area contributed by atoms with Crippen LogP contribution in [0.4, 0.5) is 0 Å². The number of hydrogen-bond acceptors (Lipinski definition) is 6. The van der Waals surface area contributed by atoms with E-state index in [1.165, 1.54) is 0 Å². The first-order valence-electron chi connectivity index (χ1n) is 6.66. The lowest BCUT2D eigenvalue weighted by atomic mass is 9.98. The summed E-state index contributed by atoms with van der Waals surface area (Å²) in [6, 6.07) is 6.87. The molecule has 0 aliphatic rings. The number of ether oxygens (including phenoxy) is 1. The van der Waals surface area contributed by atoms with E-state index in [9.17, 15) is 4.79 Å². The fraction of sp³-hybridized carbons (Fsp3) is 0.500. The van der Waals surface area contributed by atoms with Gasteiger partial charge in [0.15, 0.2) is 0 Å². The summed E-state index contributed by atoms with van der Waals surface area (Å²) in [6.07, 6.45) is 0. The van der Waals surface area contributed by atoms with Crippen LogP contribution < -0.4 is 15.1 Å². The van der Waals surface area contributed by atoms with Crippen LogP contribution in [0.1, 0.15) is 20.8 Å². The van der Waals surface area contributed by atoms with Crippen molar-refractivity contribution >= 4 is 13.3 Å². The average Bonchev–Trinajstić information content (AvgIpc) is 2.44. The molecule has 0 bridgehead atoms. The molecule has 0 saturated carbocycles. The lowest BCUT2D eigenvalue weighted by molar-refractivity contribution is -0.135. The molecule has 0 fully saturated rings. The van der Waals surface area contributed by atoms with Gasteiger partial charge in [-0.1, -0.05) is 20.8 Å². The lowest BCUT2D eigenvalue weighted by Crippen LogP contribution is -2.37. The van der Waals surface area contributed by atoms with Gasteiger partial charge in [-0.15, -0.1) is 0 Å². The summed E-state index contributed by atoms with van der Waals surface area (Å²) in [7, 11) is 0.447. The largest absolute Gasteiger partial charge is 0.790 e. The fourth-order valence-electron chi connectivity index (χ4n) is 1.33. The second-order valence-electron chi connectivity index (χ2n) is 5.65. The molecule has 6 nitrogen and oxygen atoms in total. The van der Waals surface area contributed by atoms with Crippen molar-refractivity contribution in [1.82, 2.24) is 0 Å². The Kier molecular flexibility index (Phi) is 6.52. The van der Waals surface area contributed by atoms with E-state index in [1.54, 1.807) is 31.4 Å². The van der Waals surface area contributed by atoms with Crippen molar-refractivity contribution in [2.75, 3.05) is 20.3 Å². The summed E-state index contributed by atoms with van der Waals surface area (Å²) < 4.78 is 21.1. The van der Waals surface area contributed by atoms with Gasteiger partial charge in [0.25, 0.3) is 0 Å². The van der Waals surface area contributed by atoms with Gasteiger partial charge < -0.3 is 24.4 Å². The highest BCUT2D eigenvalue weighted by atomic mass is 16.7. The molecular weight excluding hydrogens is 273 g/mol. The van der Waals surface area contributed by atoms with Gasteiger partial charge in [0.05, 0.1) is 13.7 Å². The minimum atomic E-state index is -1.13. The Morgan fingerprint density at radius 3 is 2.24 bits per heavy atom. The molecule has 1 aromatic carbocycles. The smallest absolute Gasteiger partial charge is 0.501 e. The topological polar surface area (TPSA) is 80.0 Å². The number of hydrogen-bond donors (Lipinski definition) is 1. The van der Waals surface area contributed by atoms with Gasteiger partial charge >= 0.3 is 13.3 Å². The predicted octanol–water partition coefficient (Wildman–Crippen LogP) is 1.62. The third-order valence-electron chi connectivity index (χ3n) is 2.34. The molecule has 0 atom stereocenters. The molecule has 0 saturated heterocycles. The molecule has 0 amide bonds. The van der Waals surface area contributed by atoms with Gasteiger partial charge in [0.2, 0.25) is 0 Å². The zero-order chi connectivity index (χ0) is 15.9. The van der Waals surface area contributed by atoms with E-state index in [2.05, 4.69) is 0 Å². The van der Waals surface area contributed by atoms with Crippen LogP contribution in [0, 0.1) is 5.41 Å². The van der Waals surface area contributed by atoms with Crippen molar-refractivity contribution in [1.29, 1.82) is 0 Å². The summed E-state index contributed by atoms with van der Waals surface area (Å²) in [5.74, 6) is 0.607. The minimum Gasteiger partial charge on any atom is -0.501 e. The molecule has 0 aliphatic heterocycles. The maximum atomic E-state index is 11.3. The van der Waals surface area contributed by atoms with Gasteiger partial charge in [-0.2, -0.15) is 0 Å². The quantitative estimate of drug-likeness (QED) is 0.770. The second kappa shape index (κ2) is 7.90. The van der Waals surface area contributed by atoms with Crippen LogP contribution in [-0.4, -0.2) is 33.6 Å². The third-order valence-corrected chi connectivity index (χ3v) is 2.34. The minimum absolute atomic E-state index is 0.0867. The van der Waals surface area contributed by atoms with Crippen LogP contribution in [-0.2, 0) is 14.1 Å². The molecule has 0 aliphatic carbocycles. The van der Waals surface area contributed by atoms with E-state index in [4.69, 9.17) is 24.4 Å². The molecule has 0 aromatic heterocycles. The van der Waals surface area contributed by atoms with Gasteiger partial charge in [0.1, 0.15) is 11.5 Å². The van der Waals surface area contributed by atoms with E-state index in [-0.39, 0.29) is 12.0 Å².